The first-order chi connectivity index (χ1) is 20.4. The van der Waals surface area contributed by atoms with Crippen molar-refractivity contribution < 1.29 is 9.13 Å². The second-order valence-electron chi connectivity index (χ2n) is 11.3. The number of benzene rings is 2. The van der Waals surface area contributed by atoms with Gasteiger partial charge in [0.1, 0.15) is 29.7 Å². The molecular weight excluding hydrogens is 531 g/mol. The molecule has 1 unspecified atom stereocenters. The molecule has 0 amide bonds. The molecule has 7 rings (SSSR count). The fraction of sp³-hybridized carbons (Fsp3) is 0.312. The fourth-order valence-electron chi connectivity index (χ4n) is 6.22. The first-order valence-electron chi connectivity index (χ1n) is 14.3. The van der Waals surface area contributed by atoms with Gasteiger partial charge in [0.2, 0.25) is 5.95 Å². The molecule has 2 aliphatic rings. The molecule has 5 aromatic rings. The molecule has 0 spiro atoms. The van der Waals surface area contributed by atoms with Gasteiger partial charge in [-0.15, -0.1) is 0 Å². The molecule has 2 aliphatic heterocycles. The van der Waals surface area contributed by atoms with Crippen LogP contribution in [0.2, 0.25) is 0 Å². The van der Waals surface area contributed by atoms with Crippen LogP contribution in [0.3, 0.4) is 0 Å². The van der Waals surface area contributed by atoms with Crippen LogP contribution in [-0.2, 0) is 0 Å². The summed E-state index contributed by atoms with van der Waals surface area (Å²) in [5.74, 6) is 2.58. The third kappa shape index (κ3) is 4.56. The maximum atomic E-state index is 15.1. The predicted molar refractivity (Wildman–Crippen MR) is 163 cm³/mol. The van der Waals surface area contributed by atoms with Gasteiger partial charge in [-0.1, -0.05) is 6.07 Å². The smallest absolute Gasteiger partial charge is 0.227 e. The van der Waals surface area contributed by atoms with Crippen molar-refractivity contribution in [3.05, 3.63) is 78.1 Å². The standard InChI is InChI=1S/C32H33FN8O/c1-19(2)41-21(4)36-30-20(3)13-22(14-27(30)41)31-25(33)16-35-32(38-31)37-23-8-9-26-28(15-23)42-18-24-17-39(11-12-40(24)26)29-7-5-6-10-34-29/h5-10,13-16,19,24H,11-12,17-18H2,1-4H3,(H,35,37,38). The van der Waals surface area contributed by atoms with Crippen molar-refractivity contribution in [1.82, 2.24) is 24.5 Å². The molecule has 0 aliphatic carbocycles. The van der Waals surface area contributed by atoms with E-state index in [2.05, 4.69) is 60.6 Å². The summed E-state index contributed by atoms with van der Waals surface area (Å²) >= 11 is 0. The van der Waals surface area contributed by atoms with Crippen LogP contribution in [0.15, 0.2) is 60.9 Å². The van der Waals surface area contributed by atoms with E-state index >= 15 is 4.39 Å². The van der Waals surface area contributed by atoms with Gasteiger partial charge in [0, 0.05) is 49.2 Å². The number of piperazine rings is 1. The summed E-state index contributed by atoms with van der Waals surface area (Å²) in [6.45, 7) is 11.4. The lowest BCUT2D eigenvalue weighted by atomic mass is 10.1. The molecule has 3 aromatic heterocycles. The minimum Gasteiger partial charge on any atom is -0.489 e. The van der Waals surface area contributed by atoms with Gasteiger partial charge >= 0.3 is 0 Å². The summed E-state index contributed by atoms with van der Waals surface area (Å²) in [7, 11) is 0. The highest BCUT2D eigenvalue weighted by Gasteiger charge is 2.33. The Morgan fingerprint density at radius 2 is 1.90 bits per heavy atom. The Hall–Kier alpha value is -4.73. The van der Waals surface area contributed by atoms with Crippen molar-refractivity contribution in [1.29, 1.82) is 0 Å². The fourth-order valence-corrected chi connectivity index (χ4v) is 6.22. The quantitative estimate of drug-likeness (QED) is 0.276. The van der Waals surface area contributed by atoms with Crippen LogP contribution < -0.4 is 19.9 Å². The highest BCUT2D eigenvalue weighted by molar-refractivity contribution is 5.85. The zero-order valence-electron chi connectivity index (χ0n) is 24.2. The first kappa shape index (κ1) is 26.2. The lowest BCUT2D eigenvalue weighted by molar-refractivity contribution is 0.254. The maximum absolute atomic E-state index is 15.1. The molecule has 0 saturated carbocycles. The summed E-state index contributed by atoms with van der Waals surface area (Å²) in [5, 5.41) is 3.26. The molecule has 0 radical (unpaired) electrons. The summed E-state index contributed by atoms with van der Waals surface area (Å²) < 4.78 is 23.5. The zero-order valence-corrected chi connectivity index (χ0v) is 24.2. The summed E-state index contributed by atoms with van der Waals surface area (Å²) in [6, 6.07) is 16.4. The normalized spacial score (nSPS) is 16.4. The number of ether oxygens (including phenoxy) is 1. The van der Waals surface area contributed by atoms with E-state index in [9.17, 15) is 0 Å². The number of aromatic nitrogens is 5. The molecular formula is C32H33FN8O. The van der Waals surface area contributed by atoms with Crippen LogP contribution >= 0.6 is 0 Å². The summed E-state index contributed by atoms with van der Waals surface area (Å²) in [4.78, 5) is 22.8. The molecule has 1 fully saturated rings. The number of nitrogens with one attached hydrogen (secondary N) is 1. The average Bonchev–Trinajstić information content (AvgIpc) is 3.34. The SMILES string of the molecule is Cc1cc(-c2nc(Nc3ccc4c(c3)OCC3CN(c5ccccn5)CCN43)ncc2F)cc2c1nc(C)n2C(C)C. The second kappa shape index (κ2) is 10.3. The summed E-state index contributed by atoms with van der Waals surface area (Å²) in [5.41, 5.74) is 5.65. The molecule has 1 N–H and O–H groups in total. The third-order valence-corrected chi connectivity index (χ3v) is 8.11. The number of hydrogen-bond donors (Lipinski definition) is 1. The number of pyridine rings is 1. The summed E-state index contributed by atoms with van der Waals surface area (Å²) in [6.07, 6.45) is 3.05. The molecule has 214 valence electrons. The third-order valence-electron chi connectivity index (χ3n) is 8.11. The lowest BCUT2D eigenvalue weighted by Gasteiger charge is -2.46. The molecule has 2 aromatic carbocycles. The molecule has 0 bridgehead atoms. The van der Waals surface area contributed by atoms with Gasteiger partial charge in [0.15, 0.2) is 5.82 Å². The number of hydrogen-bond acceptors (Lipinski definition) is 8. The van der Waals surface area contributed by atoms with Crippen molar-refractivity contribution in [2.75, 3.05) is 41.4 Å². The van der Waals surface area contributed by atoms with E-state index in [1.54, 1.807) is 0 Å². The number of aryl methyl sites for hydroxylation is 2. The largest absolute Gasteiger partial charge is 0.489 e. The van der Waals surface area contributed by atoms with E-state index < -0.39 is 5.82 Å². The maximum Gasteiger partial charge on any atom is 0.227 e. The Bertz CT molecular complexity index is 1790. The molecule has 9 nitrogen and oxygen atoms in total. The van der Waals surface area contributed by atoms with Gasteiger partial charge in [-0.05, 0) is 69.7 Å². The van der Waals surface area contributed by atoms with Gasteiger partial charge in [-0.25, -0.2) is 24.3 Å². The highest BCUT2D eigenvalue weighted by Crippen LogP contribution is 2.38. The van der Waals surface area contributed by atoms with Gasteiger partial charge in [-0.2, -0.15) is 0 Å². The van der Waals surface area contributed by atoms with Crippen LogP contribution in [0, 0.1) is 19.7 Å². The average molecular weight is 565 g/mol. The molecule has 5 heterocycles. The first-order valence-corrected chi connectivity index (χ1v) is 14.3. The van der Waals surface area contributed by atoms with Gasteiger partial charge in [-0.3, -0.25) is 0 Å². The van der Waals surface area contributed by atoms with E-state index in [1.807, 2.05) is 56.4 Å². The van der Waals surface area contributed by atoms with E-state index in [0.717, 1.165) is 65.0 Å². The Balaban J connectivity index is 1.13. The monoisotopic (exact) mass is 564 g/mol. The zero-order chi connectivity index (χ0) is 29.0. The van der Waals surface area contributed by atoms with Crippen molar-refractivity contribution in [3.63, 3.8) is 0 Å². The van der Waals surface area contributed by atoms with E-state index in [1.165, 1.54) is 6.20 Å². The van der Waals surface area contributed by atoms with Crippen molar-refractivity contribution >= 4 is 34.2 Å². The number of anilines is 4. The molecule has 1 atom stereocenters. The van der Waals surface area contributed by atoms with Gasteiger partial charge < -0.3 is 24.4 Å². The van der Waals surface area contributed by atoms with Gasteiger partial charge in [0.25, 0.3) is 0 Å². The Labute approximate surface area is 244 Å². The molecule has 1 saturated heterocycles. The van der Waals surface area contributed by atoms with E-state index in [0.29, 0.717) is 18.1 Å². The van der Waals surface area contributed by atoms with E-state index in [4.69, 9.17) is 9.72 Å². The minimum atomic E-state index is -0.476. The van der Waals surface area contributed by atoms with E-state index in [-0.39, 0.29) is 17.8 Å². The number of fused-ring (bicyclic) bond motifs is 4. The van der Waals surface area contributed by atoms with Crippen LogP contribution in [0.1, 0.15) is 31.3 Å². The van der Waals surface area contributed by atoms with Crippen molar-refractivity contribution in [2.24, 2.45) is 0 Å². The minimum absolute atomic E-state index is 0.225. The topological polar surface area (TPSA) is 84.2 Å². The van der Waals surface area contributed by atoms with Crippen molar-refractivity contribution in [2.45, 2.75) is 39.8 Å². The Kier molecular flexibility index (Phi) is 6.41. The number of rotatable bonds is 5. The van der Waals surface area contributed by atoms with Gasteiger partial charge in [0.05, 0.1) is 29.0 Å². The highest BCUT2D eigenvalue weighted by atomic mass is 19.1. The van der Waals surface area contributed by atoms with Crippen LogP contribution in [0.25, 0.3) is 22.3 Å². The Morgan fingerprint density at radius 3 is 2.71 bits per heavy atom. The van der Waals surface area contributed by atoms with Crippen LogP contribution in [-0.4, -0.2) is 56.8 Å². The lowest BCUT2D eigenvalue weighted by Crippen LogP contribution is -2.57. The second-order valence-corrected chi connectivity index (χ2v) is 11.3. The predicted octanol–water partition coefficient (Wildman–Crippen LogP) is 6.06. The Morgan fingerprint density at radius 1 is 1.02 bits per heavy atom. The molecule has 10 heteroatoms. The number of nitrogens with zero attached hydrogens (tertiary/aromatic N) is 7. The van der Waals surface area contributed by atoms with Crippen LogP contribution in [0.4, 0.5) is 27.5 Å². The number of imidazole rings is 1. The number of halogens is 1. The molecule has 42 heavy (non-hydrogen) atoms. The van der Waals surface area contributed by atoms with Crippen molar-refractivity contribution in [3.8, 4) is 17.0 Å². The van der Waals surface area contributed by atoms with Crippen LogP contribution in [0.5, 0.6) is 5.75 Å².